The normalized spacial score (nSPS) is 11.7. The van der Waals surface area contributed by atoms with E-state index in [4.69, 9.17) is 14.2 Å². The molecule has 0 aliphatic heterocycles. The van der Waals surface area contributed by atoms with Gasteiger partial charge in [0.1, 0.15) is 23.6 Å². The Balaban J connectivity index is 1.16. The molecular formula is C45H41N7O7. The van der Waals surface area contributed by atoms with Crippen molar-refractivity contribution in [2.75, 3.05) is 38.1 Å². The molecule has 0 saturated heterocycles. The van der Waals surface area contributed by atoms with Crippen LogP contribution in [0, 0.1) is 0 Å². The van der Waals surface area contributed by atoms with Crippen LogP contribution >= 0.6 is 0 Å². The summed E-state index contributed by atoms with van der Waals surface area (Å²) in [7, 11) is 3.19. The summed E-state index contributed by atoms with van der Waals surface area (Å²) < 4.78 is 19.2. The molecule has 0 aliphatic rings. The van der Waals surface area contributed by atoms with E-state index in [0.29, 0.717) is 22.6 Å². The third-order valence-corrected chi connectivity index (χ3v) is 9.57. The van der Waals surface area contributed by atoms with Crippen LogP contribution in [0.2, 0.25) is 0 Å². The molecule has 5 aromatic carbocycles. The highest BCUT2D eigenvalue weighted by atomic mass is 16.5. The van der Waals surface area contributed by atoms with Gasteiger partial charge in [0.2, 0.25) is 11.9 Å². The summed E-state index contributed by atoms with van der Waals surface area (Å²) in [5.41, 5.74) is 2.30. The summed E-state index contributed by atoms with van der Waals surface area (Å²) in [5, 5.41) is 18.9. The zero-order chi connectivity index (χ0) is 41.2. The monoisotopic (exact) mass is 791 g/mol. The number of hydrogen-bond donors (Lipinski definition) is 4. The van der Waals surface area contributed by atoms with Crippen molar-refractivity contribution >= 4 is 40.7 Å². The second-order valence-corrected chi connectivity index (χ2v) is 13.3. The fourth-order valence-electron chi connectivity index (χ4n) is 6.60. The summed E-state index contributed by atoms with van der Waals surface area (Å²) in [6, 6.07) is 40.9. The number of carbonyl (C=O) groups is 3. The number of aromatic nitrogens is 4. The minimum Gasteiger partial charge on any atom is -0.497 e. The lowest BCUT2D eigenvalue weighted by Crippen LogP contribution is -2.45. The minimum absolute atomic E-state index is 0.0299. The van der Waals surface area contributed by atoms with Crippen LogP contribution < -0.4 is 25.4 Å². The molecule has 59 heavy (non-hydrogen) atoms. The number of anilines is 2. The van der Waals surface area contributed by atoms with Crippen molar-refractivity contribution in [1.29, 1.82) is 0 Å². The van der Waals surface area contributed by atoms with Gasteiger partial charge in [-0.25, -0.2) is 4.98 Å². The Morgan fingerprint density at radius 2 is 1.19 bits per heavy atom. The van der Waals surface area contributed by atoms with Gasteiger partial charge in [0.15, 0.2) is 17.0 Å². The quantitative estimate of drug-likeness (QED) is 0.0871. The van der Waals surface area contributed by atoms with Gasteiger partial charge < -0.3 is 34.5 Å². The molecule has 298 valence electrons. The standard InChI is InChI=1S/C45H41N7O7/c1-57-36-22-18-33(19-23-36)45(32-16-10-5-11-17-32,34-20-24-37(58-2)25-21-34)59-28-35(27-53)47-38(54)26-52-29-46-39-40(48-42(55)30-12-6-3-7-13-30)49-44(50-41(39)52)51-43(56)31-14-8-4-9-15-31/h3-25,29,35,53H,26-28H2,1-2H3,(H,47,54)(H2,48,49,50,51,55,56)/t35-/m1/s1. The van der Waals surface area contributed by atoms with E-state index >= 15 is 0 Å². The summed E-state index contributed by atoms with van der Waals surface area (Å²) in [5.74, 6) is -0.181. The lowest BCUT2D eigenvalue weighted by atomic mass is 9.80. The van der Waals surface area contributed by atoms with Crippen molar-refractivity contribution < 1.29 is 33.7 Å². The first kappa shape index (κ1) is 39.8. The van der Waals surface area contributed by atoms with Crippen molar-refractivity contribution in [3.8, 4) is 11.5 Å². The van der Waals surface area contributed by atoms with Gasteiger partial charge >= 0.3 is 0 Å². The van der Waals surface area contributed by atoms with E-state index in [1.807, 2.05) is 78.9 Å². The van der Waals surface area contributed by atoms with E-state index in [0.717, 1.165) is 16.7 Å². The van der Waals surface area contributed by atoms with Crippen LogP contribution in [0.4, 0.5) is 11.8 Å². The van der Waals surface area contributed by atoms with Gasteiger partial charge in [-0.15, -0.1) is 0 Å². The highest BCUT2D eigenvalue weighted by Crippen LogP contribution is 2.41. The zero-order valence-corrected chi connectivity index (χ0v) is 32.2. The first-order valence-electron chi connectivity index (χ1n) is 18.7. The van der Waals surface area contributed by atoms with E-state index < -0.39 is 36.0 Å². The average Bonchev–Trinajstić information content (AvgIpc) is 3.69. The molecule has 1 atom stereocenters. The topological polar surface area (TPSA) is 179 Å². The maximum atomic E-state index is 13.8. The van der Waals surface area contributed by atoms with E-state index in [1.54, 1.807) is 74.9 Å². The number of aliphatic hydroxyl groups is 1. The molecule has 0 aliphatic carbocycles. The van der Waals surface area contributed by atoms with Gasteiger partial charge in [0.05, 0.1) is 39.8 Å². The van der Waals surface area contributed by atoms with Crippen molar-refractivity contribution in [3.05, 3.63) is 174 Å². The second-order valence-electron chi connectivity index (χ2n) is 13.3. The largest absolute Gasteiger partial charge is 0.497 e. The van der Waals surface area contributed by atoms with Gasteiger partial charge in [0, 0.05) is 11.1 Å². The van der Waals surface area contributed by atoms with Gasteiger partial charge in [-0.1, -0.05) is 91.0 Å². The lowest BCUT2D eigenvalue weighted by Gasteiger charge is -2.37. The third kappa shape index (κ3) is 8.94. The fraction of sp³-hybridized carbons (Fsp3) is 0.156. The molecule has 14 nitrogen and oxygen atoms in total. The van der Waals surface area contributed by atoms with Crippen LogP contribution in [0.3, 0.4) is 0 Å². The van der Waals surface area contributed by atoms with Crippen LogP contribution in [-0.2, 0) is 21.7 Å². The summed E-state index contributed by atoms with van der Waals surface area (Å²) in [6.07, 6.45) is 1.39. The van der Waals surface area contributed by atoms with Crippen molar-refractivity contribution in [2.24, 2.45) is 0 Å². The Morgan fingerprint density at radius 1 is 0.678 bits per heavy atom. The zero-order valence-electron chi connectivity index (χ0n) is 32.2. The molecule has 4 N–H and O–H groups in total. The molecule has 0 radical (unpaired) electrons. The first-order chi connectivity index (χ1) is 28.8. The van der Waals surface area contributed by atoms with Crippen LogP contribution in [0.25, 0.3) is 11.2 Å². The highest BCUT2D eigenvalue weighted by Gasteiger charge is 2.38. The molecule has 0 fully saturated rings. The molecule has 0 spiro atoms. The summed E-state index contributed by atoms with van der Waals surface area (Å²) >= 11 is 0. The summed E-state index contributed by atoms with van der Waals surface area (Å²) in [6.45, 7) is -0.837. The van der Waals surface area contributed by atoms with E-state index in [-0.39, 0.29) is 36.1 Å². The predicted octanol–water partition coefficient (Wildman–Crippen LogP) is 5.83. The second kappa shape index (κ2) is 18.2. The lowest BCUT2D eigenvalue weighted by molar-refractivity contribution is -0.123. The molecule has 7 aromatic rings. The van der Waals surface area contributed by atoms with Crippen LogP contribution in [0.1, 0.15) is 37.4 Å². The van der Waals surface area contributed by atoms with Crippen molar-refractivity contribution in [3.63, 3.8) is 0 Å². The minimum atomic E-state index is -1.18. The van der Waals surface area contributed by atoms with E-state index in [9.17, 15) is 19.5 Å². The fourth-order valence-corrected chi connectivity index (χ4v) is 6.60. The first-order valence-corrected chi connectivity index (χ1v) is 18.7. The number of aliphatic hydroxyl groups excluding tert-OH is 1. The number of methoxy groups -OCH3 is 2. The number of amides is 3. The van der Waals surface area contributed by atoms with E-state index in [1.165, 1.54) is 10.9 Å². The number of hydrogen-bond acceptors (Lipinski definition) is 10. The molecular weight excluding hydrogens is 751 g/mol. The van der Waals surface area contributed by atoms with Crippen LogP contribution in [0.5, 0.6) is 11.5 Å². The van der Waals surface area contributed by atoms with E-state index in [2.05, 4.69) is 30.9 Å². The maximum absolute atomic E-state index is 13.8. The number of rotatable bonds is 16. The highest BCUT2D eigenvalue weighted by molar-refractivity contribution is 6.08. The Kier molecular flexibility index (Phi) is 12.3. The smallest absolute Gasteiger partial charge is 0.258 e. The van der Waals surface area contributed by atoms with Crippen molar-refractivity contribution in [1.82, 2.24) is 24.8 Å². The predicted molar refractivity (Wildman–Crippen MR) is 221 cm³/mol. The number of nitrogens with one attached hydrogen (secondary N) is 3. The van der Waals surface area contributed by atoms with Gasteiger partial charge in [-0.05, 0) is 65.2 Å². The van der Waals surface area contributed by atoms with Gasteiger partial charge in [-0.3, -0.25) is 19.7 Å². The molecule has 7 rings (SSSR count). The van der Waals surface area contributed by atoms with Crippen molar-refractivity contribution in [2.45, 2.75) is 18.2 Å². The number of ether oxygens (including phenoxy) is 3. The Morgan fingerprint density at radius 3 is 1.71 bits per heavy atom. The molecule has 2 aromatic heterocycles. The molecule has 0 saturated carbocycles. The average molecular weight is 792 g/mol. The van der Waals surface area contributed by atoms with Crippen LogP contribution in [-0.4, -0.2) is 75.8 Å². The number of imidazole rings is 1. The Hall–Kier alpha value is -7.42. The SMILES string of the molecule is COc1ccc(C(OC[C@@H](CO)NC(=O)Cn2cnc3c(NC(=O)c4ccccc4)nc(NC(=O)c4ccccc4)nc32)(c2ccccc2)c2ccc(OC)cc2)cc1. The van der Waals surface area contributed by atoms with Crippen LogP contribution in [0.15, 0.2) is 146 Å². The maximum Gasteiger partial charge on any atom is 0.258 e. The molecule has 2 heterocycles. The number of fused-ring (bicyclic) bond motifs is 1. The number of benzene rings is 5. The molecule has 0 unspecified atom stereocenters. The number of nitrogens with zero attached hydrogens (tertiary/aromatic N) is 4. The third-order valence-electron chi connectivity index (χ3n) is 9.57. The molecule has 0 bridgehead atoms. The number of carbonyl (C=O) groups excluding carboxylic acids is 3. The summed E-state index contributed by atoms with van der Waals surface area (Å²) in [4.78, 5) is 53.4. The Labute approximate surface area is 339 Å². The van der Waals surface area contributed by atoms with Gasteiger partial charge in [0.25, 0.3) is 11.8 Å². The molecule has 3 amide bonds. The van der Waals surface area contributed by atoms with Gasteiger partial charge in [-0.2, -0.15) is 9.97 Å². The molecule has 14 heteroatoms. The Bertz CT molecular complexity index is 2470.